The monoisotopic (exact) mass is 330 g/mol. The zero-order valence-electron chi connectivity index (χ0n) is 13.6. The van der Waals surface area contributed by atoms with E-state index < -0.39 is 0 Å². The summed E-state index contributed by atoms with van der Waals surface area (Å²) in [5, 5.41) is 0.956. The third-order valence-electron chi connectivity index (χ3n) is 4.21. The molecule has 0 spiro atoms. The Morgan fingerprint density at radius 2 is 2.13 bits per heavy atom. The highest BCUT2D eigenvalue weighted by atomic mass is 32.1. The lowest BCUT2D eigenvalue weighted by molar-refractivity contribution is 0.0789. The van der Waals surface area contributed by atoms with Crippen molar-refractivity contribution in [1.29, 1.82) is 0 Å². The lowest BCUT2D eigenvalue weighted by atomic mass is 10.1. The van der Waals surface area contributed by atoms with Gasteiger partial charge in [0.15, 0.2) is 0 Å². The summed E-state index contributed by atoms with van der Waals surface area (Å²) in [6, 6.07) is 9.88. The van der Waals surface area contributed by atoms with Crippen LogP contribution in [0.5, 0.6) is 5.75 Å². The normalized spacial score (nSPS) is 17.5. The minimum atomic E-state index is 0.138. The Morgan fingerprint density at radius 1 is 1.35 bits per heavy atom. The van der Waals surface area contributed by atoms with Crippen LogP contribution >= 0.6 is 11.3 Å². The molecule has 4 nitrogen and oxygen atoms in total. The van der Waals surface area contributed by atoms with Crippen LogP contribution in [0.4, 0.5) is 0 Å². The number of hydrogen-bond acceptors (Lipinski definition) is 4. The van der Waals surface area contributed by atoms with Gasteiger partial charge in [-0.15, -0.1) is 11.3 Å². The van der Waals surface area contributed by atoms with Gasteiger partial charge in [0.1, 0.15) is 10.6 Å². The number of carbonyl (C=O) groups is 1. The van der Waals surface area contributed by atoms with E-state index in [-0.39, 0.29) is 5.91 Å². The molecule has 1 aromatic carbocycles. The molecule has 0 unspecified atom stereocenters. The molecular formula is C18H22N2O2S. The predicted octanol–water partition coefficient (Wildman–Crippen LogP) is 3.69. The molecule has 0 radical (unpaired) electrons. The number of thiazole rings is 1. The summed E-state index contributed by atoms with van der Waals surface area (Å²) in [5.74, 6) is 1.57. The van der Waals surface area contributed by atoms with Crippen LogP contribution in [0.15, 0.2) is 30.3 Å². The first-order valence-electron chi connectivity index (χ1n) is 8.04. The number of likely N-dealkylation sites (tertiary alicyclic amines) is 1. The number of aromatic nitrogens is 1. The largest absolute Gasteiger partial charge is 0.494 e. The van der Waals surface area contributed by atoms with Crippen molar-refractivity contribution in [3.63, 3.8) is 0 Å². The number of rotatable bonds is 5. The molecule has 1 saturated heterocycles. The van der Waals surface area contributed by atoms with Gasteiger partial charge in [-0.05, 0) is 44.7 Å². The number of para-hydroxylation sites is 1. The van der Waals surface area contributed by atoms with Crippen molar-refractivity contribution in [2.24, 2.45) is 5.92 Å². The predicted molar refractivity (Wildman–Crippen MR) is 92.2 cm³/mol. The van der Waals surface area contributed by atoms with Crippen LogP contribution < -0.4 is 4.74 Å². The van der Waals surface area contributed by atoms with Gasteiger partial charge in [-0.25, -0.2) is 4.98 Å². The van der Waals surface area contributed by atoms with Crippen molar-refractivity contribution in [2.45, 2.75) is 26.7 Å². The fourth-order valence-corrected chi connectivity index (χ4v) is 3.87. The van der Waals surface area contributed by atoms with Gasteiger partial charge in [0.2, 0.25) is 0 Å². The van der Waals surface area contributed by atoms with Crippen LogP contribution in [0.1, 0.15) is 33.2 Å². The Hall–Kier alpha value is -1.88. The van der Waals surface area contributed by atoms with Crippen molar-refractivity contribution in [2.75, 3.05) is 19.7 Å². The average molecular weight is 330 g/mol. The van der Waals surface area contributed by atoms with E-state index in [2.05, 4.69) is 4.98 Å². The number of hydrogen-bond donors (Lipinski definition) is 0. The van der Waals surface area contributed by atoms with E-state index in [1.54, 1.807) is 0 Å². The fraction of sp³-hybridized carbons (Fsp3) is 0.444. The summed E-state index contributed by atoms with van der Waals surface area (Å²) >= 11 is 1.50. The molecule has 0 saturated carbocycles. The minimum Gasteiger partial charge on any atom is -0.494 e. The number of ether oxygens (including phenoxy) is 1. The molecule has 2 heterocycles. The highest BCUT2D eigenvalue weighted by Crippen LogP contribution is 2.25. The molecule has 2 aromatic rings. The van der Waals surface area contributed by atoms with E-state index in [1.165, 1.54) is 11.3 Å². The highest BCUT2D eigenvalue weighted by molar-refractivity contribution is 7.13. The summed E-state index contributed by atoms with van der Waals surface area (Å²) in [7, 11) is 0. The standard InChI is InChI=1S/C18H22N2O2S/c1-13-17(23-14(2)19-13)18(21)20-10-8-15(12-20)9-11-22-16-6-4-3-5-7-16/h3-7,15H,8-12H2,1-2H3/t15-/m1/s1. The summed E-state index contributed by atoms with van der Waals surface area (Å²) in [6.07, 6.45) is 2.04. The molecule has 0 bridgehead atoms. The quantitative estimate of drug-likeness (QED) is 0.839. The lowest BCUT2D eigenvalue weighted by Gasteiger charge is -2.16. The Balaban J connectivity index is 1.48. The minimum absolute atomic E-state index is 0.138. The third kappa shape index (κ3) is 3.91. The van der Waals surface area contributed by atoms with Crippen LogP contribution in [0.3, 0.4) is 0 Å². The van der Waals surface area contributed by atoms with Gasteiger partial charge in [0.05, 0.1) is 17.3 Å². The van der Waals surface area contributed by atoms with E-state index in [0.29, 0.717) is 12.5 Å². The average Bonchev–Trinajstić information content (AvgIpc) is 3.14. The number of aryl methyl sites for hydroxylation is 2. The number of carbonyl (C=O) groups excluding carboxylic acids is 1. The van der Waals surface area contributed by atoms with Crippen LogP contribution in [-0.4, -0.2) is 35.5 Å². The molecule has 1 atom stereocenters. The van der Waals surface area contributed by atoms with Crippen molar-refractivity contribution in [3.8, 4) is 5.75 Å². The summed E-state index contributed by atoms with van der Waals surface area (Å²) in [5.41, 5.74) is 0.855. The molecule has 3 rings (SSSR count). The number of benzene rings is 1. The lowest BCUT2D eigenvalue weighted by Crippen LogP contribution is -2.28. The first kappa shape index (κ1) is 16.0. The van der Waals surface area contributed by atoms with Gasteiger partial charge in [-0.2, -0.15) is 0 Å². The van der Waals surface area contributed by atoms with Gasteiger partial charge in [-0.1, -0.05) is 18.2 Å². The van der Waals surface area contributed by atoms with Crippen LogP contribution in [-0.2, 0) is 0 Å². The van der Waals surface area contributed by atoms with Gasteiger partial charge in [0, 0.05) is 13.1 Å². The zero-order chi connectivity index (χ0) is 16.2. The molecule has 0 N–H and O–H groups in total. The molecule has 23 heavy (non-hydrogen) atoms. The Bertz CT molecular complexity index is 669. The van der Waals surface area contributed by atoms with E-state index in [0.717, 1.165) is 47.3 Å². The SMILES string of the molecule is Cc1nc(C)c(C(=O)N2CC[C@H](CCOc3ccccc3)C2)s1. The second-order valence-corrected chi connectivity index (χ2v) is 7.21. The summed E-state index contributed by atoms with van der Waals surface area (Å²) in [6.45, 7) is 6.23. The summed E-state index contributed by atoms with van der Waals surface area (Å²) < 4.78 is 5.76. The van der Waals surface area contributed by atoms with Gasteiger partial charge in [0.25, 0.3) is 5.91 Å². The fourth-order valence-electron chi connectivity index (χ4n) is 2.99. The molecule has 1 aromatic heterocycles. The van der Waals surface area contributed by atoms with Crippen molar-refractivity contribution in [3.05, 3.63) is 45.9 Å². The first-order chi connectivity index (χ1) is 11.1. The smallest absolute Gasteiger partial charge is 0.265 e. The van der Waals surface area contributed by atoms with Crippen LogP contribution in [0.2, 0.25) is 0 Å². The van der Waals surface area contributed by atoms with E-state index >= 15 is 0 Å². The Labute approximate surface area is 141 Å². The molecule has 1 aliphatic rings. The van der Waals surface area contributed by atoms with Gasteiger partial charge < -0.3 is 9.64 Å². The maximum Gasteiger partial charge on any atom is 0.265 e. The molecule has 122 valence electrons. The zero-order valence-corrected chi connectivity index (χ0v) is 14.4. The van der Waals surface area contributed by atoms with E-state index in [9.17, 15) is 4.79 Å². The van der Waals surface area contributed by atoms with E-state index in [4.69, 9.17) is 4.74 Å². The highest BCUT2D eigenvalue weighted by Gasteiger charge is 2.28. The number of amides is 1. The molecule has 1 amide bonds. The Kier molecular flexibility index (Phi) is 4.96. The van der Waals surface area contributed by atoms with Crippen molar-refractivity contribution in [1.82, 2.24) is 9.88 Å². The maximum absolute atomic E-state index is 12.6. The third-order valence-corrected chi connectivity index (χ3v) is 5.27. The molecule has 5 heteroatoms. The Morgan fingerprint density at radius 3 is 2.83 bits per heavy atom. The maximum atomic E-state index is 12.6. The van der Waals surface area contributed by atoms with Crippen LogP contribution in [0.25, 0.3) is 0 Å². The molecule has 0 aliphatic carbocycles. The number of nitrogens with zero attached hydrogens (tertiary/aromatic N) is 2. The van der Waals surface area contributed by atoms with Crippen molar-refractivity contribution < 1.29 is 9.53 Å². The topological polar surface area (TPSA) is 42.4 Å². The molecule has 1 aliphatic heterocycles. The van der Waals surface area contributed by atoms with E-state index in [1.807, 2.05) is 49.1 Å². The van der Waals surface area contributed by atoms with Gasteiger partial charge in [-0.3, -0.25) is 4.79 Å². The summed E-state index contributed by atoms with van der Waals surface area (Å²) in [4.78, 5) is 19.7. The molecule has 1 fully saturated rings. The van der Waals surface area contributed by atoms with Crippen molar-refractivity contribution >= 4 is 17.2 Å². The van der Waals surface area contributed by atoms with Gasteiger partial charge >= 0.3 is 0 Å². The second-order valence-electron chi connectivity index (χ2n) is 6.00. The second kappa shape index (κ2) is 7.13. The van der Waals surface area contributed by atoms with Crippen LogP contribution in [0, 0.1) is 19.8 Å². The molecular weight excluding hydrogens is 308 g/mol. The first-order valence-corrected chi connectivity index (χ1v) is 8.86.